The zero-order valence-electron chi connectivity index (χ0n) is 53.2. The van der Waals surface area contributed by atoms with Crippen molar-refractivity contribution in [3.63, 3.8) is 0 Å². The van der Waals surface area contributed by atoms with Crippen LogP contribution in [0.5, 0.6) is 0 Å². The first kappa shape index (κ1) is 76.4. The van der Waals surface area contributed by atoms with Crippen molar-refractivity contribution in [3.8, 4) is 0 Å². The predicted octanol–water partition coefficient (Wildman–Crippen LogP) is 24.1. The summed E-state index contributed by atoms with van der Waals surface area (Å²) < 4.78 is 17.0. The summed E-state index contributed by atoms with van der Waals surface area (Å²) in [6.45, 7) is 6.66. The number of carbonyl (C=O) groups is 3. The third-order valence-electron chi connectivity index (χ3n) is 15.8. The average molecular weight is 1110 g/mol. The molecule has 0 N–H and O–H groups in total. The summed E-state index contributed by atoms with van der Waals surface area (Å²) in [5, 5.41) is 0. The van der Waals surface area contributed by atoms with E-state index >= 15 is 0 Å². The largest absolute Gasteiger partial charge is 0.462 e. The predicted molar refractivity (Wildman–Crippen MR) is 344 cm³/mol. The van der Waals surface area contributed by atoms with E-state index in [1.807, 2.05) is 0 Å². The van der Waals surface area contributed by atoms with Crippen molar-refractivity contribution in [2.45, 2.75) is 386 Å². The molecule has 0 amide bonds. The zero-order chi connectivity index (χ0) is 57.1. The molecule has 6 heteroatoms. The first-order valence-corrected chi connectivity index (χ1v) is 35.1. The van der Waals surface area contributed by atoms with E-state index in [1.54, 1.807) is 0 Å². The third kappa shape index (κ3) is 66.1. The van der Waals surface area contributed by atoms with Gasteiger partial charge < -0.3 is 14.2 Å². The average Bonchev–Trinajstić information content (AvgIpc) is 3.45. The molecule has 79 heavy (non-hydrogen) atoms. The van der Waals surface area contributed by atoms with E-state index in [0.717, 1.165) is 83.5 Å². The maximum Gasteiger partial charge on any atom is 0.306 e. The molecule has 0 aliphatic rings. The van der Waals surface area contributed by atoms with Crippen molar-refractivity contribution in [1.82, 2.24) is 0 Å². The van der Waals surface area contributed by atoms with Crippen LogP contribution in [0.3, 0.4) is 0 Å². The summed E-state index contributed by atoms with van der Waals surface area (Å²) in [6, 6.07) is 0. The molecule has 1 atom stereocenters. The minimum absolute atomic E-state index is 0.0773. The number of ether oxygens (including phenoxy) is 3. The molecule has 0 aromatic carbocycles. The molecule has 0 rings (SSSR count). The van der Waals surface area contributed by atoms with E-state index in [9.17, 15) is 14.4 Å². The van der Waals surface area contributed by atoms with E-state index in [0.29, 0.717) is 19.3 Å². The summed E-state index contributed by atoms with van der Waals surface area (Å²) in [7, 11) is 0. The lowest BCUT2D eigenvalue weighted by Gasteiger charge is -2.18. The number of hydrogen-bond acceptors (Lipinski definition) is 6. The maximum atomic E-state index is 12.9. The van der Waals surface area contributed by atoms with Gasteiger partial charge in [0, 0.05) is 19.3 Å². The van der Waals surface area contributed by atoms with Crippen LogP contribution in [-0.2, 0) is 28.6 Å². The SMILES string of the molecule is CCCCC/C=C\C/C=C\C/C=C\CCCCCCCCC(=O)OC(COC(=O)CCCCCCC/C=C\CCCCCCCCC)COC(=O)CCCCCCCCCCCCCCCCCCCCCCCCCCCC. The second-order valence-corrected chi connectivity index (χ2v) is 23.8. The quantitative estimate of drug-likeness (QED) is 0.0261. The smallest absolute Gasteiger partial charge is 0.306 e. The number of rotatable bonds is 65. The van der Waals surface area contributed by atoms with Gasteiger partial charge >= 0.3 is 17.9 Å². The van der Waals surface area contributed by atoms with Crippen LogP contribution >= 0.6 is 0 Å². The van der Waals surface area contributed by atoms with Gasteiger partial charge in [0.25, 0.3) is 0 Å². The lowest BCUT2D eigenvalue weighted by molar-refractivity contribution is -0.167. The molecule has 0 spiro atoms. The van der Waals surface area contributed by atoms with Crippen LogP contribution in [-0.4, -0.2) is 37.2 Å². The fourth-order valence-corrected chi connectivity index (χ4v) is 10.5. The van der Waals surface area contributed by atoms with Crippen LogP contribution in [0.25, 0.3) is 0 Å². The third-order valence-corrected chi connectivity index (χ3v) is 15.8. The van der Waals surface area contributed by atoms with Crippen LogP contribution in [0, 0.1) is 0 Å². The van der Waals surface area contributed by atoms with Gasteiger partial charge in [-0.1, -0.05) is 326 Å². The van der Waals surface area contributed by atoms with Crippen LogP contribution in [0.15, 0.2) is 48.6 Å². The Morgan fingerprint density at radius 3 is 0.747 bits per heavy atom. The summed E-state index contributed by atoms with van der Waals surface area (Å²) >= 11 is 0. The van der Waals surface area contributed by atoms with Gasteiger partial charge in [0.05, 0.1) is 0 Å². The normalized spacial score (nSPS) is 12.3. The Morgan fingerprint density at radius 2 is 0.456 bits per heavy atom. The molecule has 0 saturated heterocycles. The highest BCUT2D eigenvalue weighted by molar-refractivity contribution is 5.71. The van der Waals surface area contributed by atoms with E-state index < -0.39 is 6.10 Å². The second kappa shape index (κ2) is 67.9. The zero-order valence-corrected chi connectivity index (χ0v) is 53.2. The van der Waals surface area contributed by atoms with Crippen molar-refractivity contribution < 1.29 is 28.6 Å². The number of carbonyl (C=O) groups excluding carboxylic acids is 3. The summed E-state index contributed by atoms with van der Waals surface area (Å²) in [5.74, 6) is -0.874. The molecule has 462 valence electrons. The Labute approximate surface area is 492 Å². The highest BCUT2D eigenvalue weighted by Gasteiger charge is 2.19. The first-order valence-electron chi connectivity index (χ1n) is 35.1. The molecular formula is C73H134O6. The first-order chi connectivity index (χ1) is 39.0. The van der Waals surface area contributed by atoms with Gasteiger partial charge in [-0.05, 0) is 83.5 Å². The molecule has 0 fully saturated rings. The van der Waals surface area contributed by atoms with Gasteiger partial charge in [0.2, 0.25) is 0 Å². The van der Waals surface area contributed by atoms with E-state index in [-0.39, 0.29) is 31.1 Å². The number of unbranched alkanes of at least 4 members (excludes halogenated alkanes) is 46. The van der Waals surface area contributed by atoms with Crippen molar-refractivity contribution in [2.24, 2.45) is 0 Å². The van der Waals surface area contributed by atoms with Gasteiger partial charge in [-0.25, -0.2) is 0 Å². The summed E-state index contributed by atoms with van der Waals surface area (Å²) in [6.07, 6.45) is 85.6. The van der Waals surface area contributed by atoms with Gasteiger partial charge in [-0.2, -0.15) is 0 Å². The van der Waals surface area contributed by atoms with Crippen molar-refractivity contribution >= 4 is 17.9 Å². The lowest BCUT2D eigenvalue weighted by Crippen LogP contribution is -2.30. The molecule has 0 bridgehead atoms. The number of esters is 3. The lowest BCUT2D eigenvalue weighted by atomic mass is 10.0. The molecule has 0 aliphatic carbocycles. The van der Waals surface area contributed by atoms with E-state index in [1.165, 1.54) is 257 Å². The highest BCUT2D eigenvalue weighted by Crippen LogP contribution is 2.18. The fraction of sp³-hybridized carbons (Fsp3) is 0.849. The molecule has 1 unspecified atom stereocenters. The van der Waals surface area contributed by atoms with Crippen LogP contribution in [0.1, 0.15) is 380 Å². The molecule has 0 aromatic heterocycles. The Morgan fingerprint density at radius 1 is 0.253 bits per heavy atom. The maximum absolute atomic E-state index is 12.9. The molecule has 0 radical (unpaired) electrons. The van der Waals surface area contributed by atoms with Gasteiger partial charge in [-0.15, -0.1) is 0 Å². The Bertz CT molecular complexity index is 1360. The minimum atomic E-state index is -0.783. The number of hydrogen-bond donors (Lipinski definition) is 0. The Kier molecular flexibility index (Phi) is 65.6. The molecule has 0 aromatic rings. The second-order valence-electron chi connectivity index (χ2n) is 23.8. The standard InChI is InChI=1S/C73H134O6/c1-4-7-10-13-16-19-22-25-28-31-33-34-35-36-37-38-39-41-42-45-48-51-54-57-60-63-66-72(75)78-69-70(68-77-71(74)65-62-59-56-53-50-47-44-30-27-24-21-18-15-12-9-6-3)79-73(76)67-64-61-58-55-52-49-46-43-40-32-29-26-23-20-17-14-11-8-5-2/h17,20,26,29-30,40,43-44,70H,4-16,18-19,21-25,27-28,31-39,41-42,45-69H2,1-3H3/b20-17-,29-26-,43-40-,44-30-. The van der Waals surface area contributed by atoms with Gasteiger partial charge in [0.15, 0.2) is 6.10 Å². The van der Waals surface area contributed by atoms with E-state index in [4.69, 9.17) is 14.2 Å². The Hall–Kier alpha value is -2.63. The fourth-order valence-electron chi connectivity index (χ4n) is 10.5. The van der Waals surface area contributed by atoms with Crippen molar-refractivity contribution in [2.75, 3.05) is 13.2 Å². The van der Waals surface area contributed by atoms with Crippen LogP contribution in [0.2, 0.25) is 0 Å². The van der Waals surface area contributed by atoms with Crippen molar-refractivity contribution in [1.29, 1.82) is 0 Å². The number of allylic oxidation sites excluding steroid dienone is 8. The summed E-state index contributed by atoms with van der Waals surface area (Å²) in [5.41, 5.74) is 0. The molecular weight excluding hydrogens is 973 g/mol. The molecule has 0 saturated carbocycles. The van der Waals surface area contributed by atoms with Crippen LogP contribution < -0.4 is 0 Å². The van der Waals surface area contributed by atoms with Gasteiger partial charge in [-0.3, -0.25) is 14.4 Å². The Balaban J connectivity index is 4.29. The monoisotopic (exact) mass is 1110 g/mol. The topological polar surface area (TPSA) is 78.9 Å². The van der Waals surface area contributed by atoms with Gasteiger partial charge in [0.1, 0.15) is 13.2 Å². The molecule has 0 heterocycles. The van der Waals surface area contributed by atoms with Crippen LogP contribution in [0.4, 0.5) is 0 Å². The summed E-state index contributed by atoms with van der Waals surface area (Å²) in [4.78, 5) is 38.4. The molecule has 6 nitrogen and oxygen atoms in total. The van der Waals surface area contributed by atoms with Crippen molar-refractivity contribution in [3.05, 3.63) is 48.6 Å². The highest BCUT2D eigenvalue weighted by atomic mass is 16.6. The molecule has 0 aliphatic heterocycles. The minimum Gasteiger partial charge on any atom is -0.462 e. The van der Waals surface area contributed by atoms with E-state index in [2.05, 4.69) is 69.4 Å².